The maximum Gasteiger partial charge on any atom is 0.0547 e. The van der Waals surface area contributed by atoms with Gasteiger partial charge in [0.2, 0.25) is 0 Å². The van der Waals surface area contributed by atoms with Crippen LogP contribution in [-0.4, -0.2) is 30.0 Å². The second-order valence-corrected chi connectivity index (χ2v) is 5.80. The van der Waals surface area contributed by atoms with Crippen LogP contribution in [0.15, 0.2) is 35.7 Å². The SMILES string of the molecule is Cc1cccc(CN(C)CCNCc2cccs2)n1. The molecule has 0 saturated carbocycles. The molecule has 0 atom stereocenters. The lowest BCUT2D eigenvalue weighted by Crippen LogP contribution is -2.28. The van der Waals surface area contributed by atoms with Crippen LogP contribution < -0.4 is 5.32 Å². The van der Waals surface area contributed by atoms with E-state index < -0.39 is 0 Å². The molecule has 2 aromatic rings. The van der Waals surface area contributed by atoms with E-state index in [9.17, 15) is 0 Å². The van der Waals surface area contributed by atoms with Crippen molar-refractivity contribution in [1.29, 1.82) is 0 Å². The Balaban J connectivity index is 1.65. The van der Waals surface area contributed by atoms with Gasteiger partial charge in [-0.1, -0.05) is 12.1 Å². The lowest BCUT2D eigenvalue weighted by atomic mass is 10.3. The van der Waals surface area contributed by atoms with Crippen molar-refractivity contribution in [3.05, 3.63) is 52.0 Å². The quantitative estimate of drug-likeness (QED) is 0.788. The molecule has 4 heteroatoms. The molecular formula is C15H21N3S. The molecule has 1 N–H and O–H groups in total. The molecule has 19 heavy (non-hydrogen) atoms. The number of hydrogen-bond acceptors (Lipinski definition) is 4. The van der Waals surface area contributed by atoms with E-state index in [-0.39, 0.29) is 0 Å². The topological polar surface area (TPSA) is 28.2 Å². The number of thiophene rings is 1. The largest absolute Gasteiger partial charge is 0.311 e. The van der Waals surface area contributed by atoms with Gasteiger partial charge >= 0.3 is 0 Å². The molecule has 0 aliphatic heterocycles. The van der Waals surface area contributed by atoms with Crippen LogP contribution in [0, 0.1) is 6.92 Å². The van der Waals surface area contributed by atoms with Crippen molar-refractivity contribution < 1.29 is 0 Å². The van der Waals surface area contributed by atoms with Gasteiger partial charge in [-0.15, -0.1) is 11.3 Å². The highest BCUT2D eigenvalue weighted by molar-refractivity contribution is 7.09. The maximum absolute atomic E-state index is 4.52. The first-order valence-electron chi connectivity index (χ1n) is 6.58. The van der Waals surface area contributed by atoms with Crippen LogP contribution in [0.5, 0.6) is 0 Å². The fourth-order valence-electron chi connectivity index (χ4n) is 1.94. The minimum absolute atomic E-state index is 0.905. The van der Waals surface area contributed by atoms with Crippen LogP contribution >= 0.6 is 11.3 Å². The summed E-state index contributed by atoms with van der Waals surface area (Å²) in [5.74, 6) is 0. The molecular weight excluding hydrogens is 254 g/mol. The summed E-state index contributed by atoms with van der Waals surface area (Å²) < 4.78 is 0. The summed E-state index contributed by atoms with van der Waals surface area (Å²) in [4.78, 5) is 8.21. The first-order chi connectivity index (χ1) is 9.24. The van der Waals surface area contributed by atoms with Gasteiger partial charge in [0, 0.05) is 36.8 Å². The number of nitrogens with one attached hydrogen (secondary N) is 1. The molecule has 0 bridgehead atoms. The molecule has 0 unspecified atom stereocenters. The van der Waals surface area contributed by atoms with Crippen LogP contribution in [0.3, 0.4) is 0 Å². The van der Waals surface area contributed by atoms with Crippen molar-refractivity contribution in [3.8, 4) is 0 Å². The highest BCUT2D eigenvalue weighted by Gasteiger charge is 2.01. The summed E-state index contributed by atoms with van der Waals surface area (Å²) in [6.07, 6.45) is 0. The average molecular weight is 275 g/mol. The molecule has 102 valence electrons. The Morgan fingerprint density at radius 1 is 1.26 bits per heavy atom. The Morgan fingerprint density at radius 3 is 2.89 bits per heavy atom. The van der Waals surface area contributed by atoms with Gasteiger partial charge in [0.05, 0.1) is 5.69 Å². The zero-order chi connectivity index (χ0) is 13.5. The third-order valence-electron chi connectivity index (χ3n) is 2.93. The van der Waals surface area contributed by atoms with Crippen LogP contribution in [0.25, 0.3) is 0 Å². The normalized spacial score (nSPS) is 11.1. The number of rotatable bonds is 7. The van der Waals surface area contributed by atoms with Crippen molar-refractivity contribution in [3.63, 3.8) is 0 Å². The first-order valence-corrected chi connectivity index (χ1v) is 7.46. The van der Waals surface area contributed by atoms with Gasteiger partial charge in [0.1, 0.15) is 0 Å². The molecule has 0 aliphatic rings. The van der Waals surface area contributed by atoms with E-state index in [0.29, 0.717) is 0 Å². The summed E-state index contributed by atoms with van der Waals surface area (Å²) in [5, 5.41) is 5.58. The summed E-state index contributed by atoms with van der Waals surface area (Å²) in [5.41, 5.74) is 2.22. The van der Waals surface area contributed by atoms with E-state index in [2.05, 4.69) is 51.9 Å². The third kappa shape index (κ3) is 5.11. The van der Waals surface area contributed by atoms with Crippen LogP contribution in [0.4, 0.5) is 0 Å². The summed E-state index contributed by atoms with van der Waals surface area (Å²) >= 11 is 1.80. The van der Waals surface area contributed by atoms with Gasteiger partial charge in [0.25, 0.3) is 0 Å². The number of nitrogens with zero attached hydrogens (tertiary/aromatic N) is 2. The monoisotopic (exact) mass is 275 g/mol. The van der Waals surface area contributed by atoms with Gasteiger partial charge in [0.15, 0.2) is 0 Å². The molecule has 2 rings (SSSR count). The number of aryl methyl sites for hydroxylation is 1. The van der Waals surface area contributed by atoms with E-state index in [1.54, 1.807) is 11.3 Å². The number of likely N-dealkylation sites (N-methyl/N-ethyl adjacent to an activating group) is 1. The van der Waals surface area contributed by atoms with Crippen molar-refractivity contribution in [2.45, 2.75) is 20.0 Å². The Kier molecular flexibility index (Phi) is 5.51. The van der Waals surface area contributed by atoms with Gasteiger partial charge in [-0.2, -0.15) is 0 Å². The average Bonchev–Trinajstić information content (AvgIpc) is 2.88. The highest BCUT2D eigenvalue weighted by Crippen LogP contribution is 2.07. The van der Waals surface area contributed by atoms with E-state index in [4.69, 9.17) is 0 Å². The summed E-state index contributed by atoms with van der Waals surface area (Å²) in [6, 6.07) is 10.4. The molecule has 2 aromatic heterocycles. The third-order valence-corrected chi connectivity index (χ3v) is 3.80. The Bertz CT molecular complexity index is 482. The second-order valence-electron chi connectivity index (χ2n) is 4.76. The van der Waals surface area contributed by atoms with Gasteiger partial charge in [-0.25, -0.2) is 0 Å². The summed E-state index contributed by atoms with van der Waals surface area (Å²) in [6.45, 7) is 5.93. The number of hydrogen-bond donors (Lipinski definition) is 1. The zero-order valence-electron chi connectivity index (χ0n) is 11.6. The Morgan fingerprint density at radius 2 is 2.16 bits per heavy atom. The van der Waals surface area contributed by atoms with Crippen LogP contribution in [-0.2, 0) is 13.1 Å². The van der Waals surface area contributed by atoms with Gasteiger partial charge in [-0.05, 0) is 37.6 Å². The molecule has 0 spiro atoms. The van der Waals surface area contributed by atoms with Crippen molar-refractivity contribution in [2.24, 2.45) is 0 Å². The first kappa shape index (κ1) is 14.2. The predicted molar refractivity (Wildman–Crippen MR) is 81.3 cm³/mol. The van der Waals surface area contributed by atoms with Crippen molar-refractivity contribution in [1.82, 2.24) is 15.2 Å². The fourth-order valence-corrected chi connectivity index (χ4v) is 2.61. The lowest BCUT2D eigenvalue weighted by molar-refractivity contribution is 0.320. The smallest absolute Gasteiger partial charge is 0.0547 e. The summed E-state index contributed by atoms with van der Waals surface area (Å²) in [7, 11) is 2.14. The van der Waals surface area contributed by atoms with Crippen LogP contribution in [0.1, 0.15) is 16.3 Å². The highest BCUT2D eigenvalue weighted by atomic mass is 32.1. The molecule has 0 fully saturated rings. The fraction of sp³-hybridized carbons (Fsp3) is 0.400. The molecule has 0 radical (unpaired) electrons. The lowest BCUT2D eigenvalue weighted by Gasteiger charge is -2.16. The molecule has 0 amide bonds. The second kappa shape index (κ2) is 7.38. The van der Waals surface area contributed by atoms with Crippen molar-refractivity contribution in [2.75, 3.05) is 20.1 Å². The predicted octanol–water partition coefficient (Wildman–Crippen LogP) is 2.67. The minimum atomic E-state index is 0.905. The van der Waals surface area contributed by atoms with Gasteiger partial charge in [-0.3, -0.25) is 9.88 Å². The Labute approximate surface area is 119 Å². The molecule has 0 aliphatic carbocycles. The Hall–Kier alpha value is -1.23. The van der Waals surface area contributed by atoms with Crippen LogP contribution in [0.2, 0.25) is 0 Å². The standard InChI is InChI=1S/C15H21N3S/c1-13-5-3-6-14(17-13)12-18(2)9-8-16-11-15-7-4-10-19-15/h3-7,10,16H,8-9,11-12H2,1-2H3. The van der Waals surface area contributed by atoms with E-state index in [1.807, 2.05) is 13.0 Å². The maximum atomic E-state index is 4.52. The molecule has 3 nitrogen and oxygen atoms in total. The zero-order valence-corrected chi connectivity index (χ0v) is 12.4. The van der Waals surface area contributed by atoms with E-state index >= 15 is 0 Å². The molecule has 2 heterocycles. The van der Waals surface area contributed by atoms with E-state index in [0.717, 1.165) is 37.6 Å². The van der Waals surface area contributed by atoms with Gasteiger partial charge < -0.3 is 5.32 Å². The molecule has 0 aromatic carbocycles. The van der Waals surface area contributed by atoms with E-state index in [1.165, 1.54) is 4.88 Å². The minimum Gasteiger partial charge on any atom is -0.311 e. The van der Waals surface area contributed by atoms with Crippen molar-refractivity contribution >= 4 is 11.3 Å². The molecule has 0 saturated heterocycles. The number of aromatic nitrogens is 1. The number of pyridine rings is 1.